The monoisotopic (exact) mass is 258 g/mol. The van der Waals surface area contributed by atoms with Gasteiger partial charge in [-0.25, -0.2) is 0 Å². The molecule has 0 aromatic heterocycles. The van der Waals surface area contributed by atoms with Gasteiger partial charge >= 0.3 is 0 Å². The quantitative estimate of drug-likeness (QED) is 0.867. The van der Waals surface area contributed by atoms with E-state index >= 15 is 0 Å². The van der Waals surface area contributed by atoms with E-state index in [0.29, 0.717) is 0 Å². The molecule has 0 unspecified atom stereocenters. The van der Waals surface area contributed by atoms with Crippen LogP contribution in [0.15, 0.2) is 36.4 Å². The number of nitrogens with one attached hydrogen (secondary N) is 1. The van der Waals surface area contributed by atoms with Crippen molar-refractivity contribution in [2.24, 2.45) is 5.73 Å². The van der Waals surface area contributed by atoms with Gasteiger partial charge in [0, 0.05) is 18.6 Å². The number of methoxy groups -OCH3 is 1. The molecule has 0 fully saturated rings. The number of hydrogen-bond acceptors (Lipinski definition) is 3. The third kappa shape index (κ3) is 3.94. The van der Waals surface area contributed by atoms with Crippen molar-refractivity contribution >= 4 is 10.8 Å². The second-order valence-corrected chi connectivity index (χ2v) is 5.64. The lowest BCUT2D eigenvalue weighted by Gasteiger charge is -2.19. The van der Waals surface area contributed by atoms with Crippen LogP contribution in [0.4, 0.5) is 0 Å². The fraction of sp³-hybridized carbons (Fsp3) is 0.375. The first-order valence-electron chi connectivity index (χ1n) is 6.54. The van der Waals surface area contributed by atoms with E-state index in [2.05, 4.69) is 35.6 Å². The molecule has 2 rings (SSSR count). The van der Waals surface area contributed by atoms with Gasteiger partial charge in [0.1, 0.15) is 5.75 Å². The van der Waals surface area contributed by atoms with Crippen molar-refractivity contribution in [3.05, 3.63) is 42.0 Å². The summed E-state index contributed by atoms with van der Waals surface area (Å²) in [6.45, 7) is 5.68. The number of fused-ring (bicyclic) bond motifs is 1. The van der Waals surface area contributed by atoms with Crippen LogP contribution in [0.1, 0.15) is 19.4 Å². The Kier molecular flexibility index (Phi) is 4.08. The Morgan fingerprint density at radius 2 is 1.79 bits per heavy atom. The molecule has 3 nitrogen and oxygen atoms in total. The first-order valence-corrected chi connectivity index (χ1v) is 6.54. The van der Waals surface area contributed by atoms with Crippen LogP contribution >= 0.6 is 0 Å². The summed E-state index contributed by atoms with van der Waals surface area (Å²) in [5.74, 6) is 0.892. The lowest BCUT2D eigenvalue weighted by Crippen LogP contribution is -2.42. The highest BCUT2D eigenvalue weighted by Crippen LogP contribution is 2.21. The zero-order valence-electron chi connectivity index (χ0n) is 11.9. The van der Waals surface area contributed by atoms with Crippen molar-refractivity contribution in [1.82, 2.24) is 5.32 Å². The SMILES string of the molecule is COc1ccc2cc(CNCC(C)(C)N)ccc2c1. The summed E-state index contributed by atoms with van der Waals surface area (Å²) in [7, 11) is 1.69. The molecule has 0 atom stereocenters. The molecule has 2 aromatic rings. The summed E-state index contributed by atoms with van der Waals surface area (Å²) in [6, 6.07) is 12.6. The van der Waals surface area contributed by atoms with Gasteiger partial charge in [-0.05, 0) is 48.4 Å². The van der Waals surface area contributed by atoms with Crippen LogP contribution in [-0.4, -0.2) is 19.2 Å². The van der Waals surface area contributed by atoms with Crippen molar-refractivity contribution in [3.63, 3.8) is 0 Å². The number of nitrogens with two attached hydrogens (primary N) is 1. The van der Waals surface area contributed by atoms with Crippen LogP contribution in [0.2, 0.25) is 0 Å². The molecule has 102 valence electrons. The van der Waals surface area contributed by atoms with Gasteiger partial charge in [0.25, 0.3) is 0 Å². The lowest BCUT2D eigenvalue weighted by molar-refractivity contribution is 0.415. The molecule has 3 heteroatoms. The van der Waals surface area contributed by atoms with Crippen molar-refractivity contribution < 1.29 is 4.74 Å². The Morgan fingerprint density at radius 1 is 1.11 bits per heavy atom. The molecule has 0 amide bonds. The minimum atomic E-state index is -0.176. The molecule has 0 aliphatic rings. The van der Waals surface area contributed by atoms with Crippen LogP contribution in [-0.2, 0) is 6.54 Å². The standard InChI is InChI=1S/C16H22N2O/c1-16(2,17)11-18-10-12-4-5-14-9-15(19-3)7-6-13(14)8-12/h4-9,18H,10-11,17H2,1-3H3. The van der Waals surface area contributed by atoms with Crippen molar-refractivity contribution in [1.29, 1.82) is 0 Å². The summed E-state index contributed by atoms with van der Waals surface area (Å²) >= 11 is 0. The van der Waals surface area contributed by atoms with E-state index in [-0.39, 0.29) is 5.54 Å². The first kappa shape index (κ1) is 13.8. The molecule has 0 radical (unpaired) electrons. The normalized spacial score (nSPS) is 11.8. The molecule has 2 aromatic carbocycles. The van der Waals surface area contributed by atoms with Gasteiger partial charge in [-0.15, -0.1) is 0 Å². The number of hydrogen-bond donors (Lipinski definition) is 2. The van der Waals surface area contributed by atoms with Crippen LogP contribution < -0.4 is 15.8 Å². The molecule has 0 aliphatic heterocycles. The third-order valence-electron chi connectivity index (χ3n) is 3.02. The Labute approximate surface area is 114 Å². The van der Waals surface area contributed by atoms with Gasteiger partial charge in [-0.3, -0.25) is 0 Å². The van der Waals surface area contributed by atoms with Crippen LogP contribution in [0.3, 0.4) is 0 Å². The zero-order valence-corrected chi connectivity index (χ0v) is 11.9. The highest BCUT2D eigenvalue weighted by molar-refractivity contribution is 5.84. The maximum atomic E-state index is 5.95. The summed E-state index contributed by atoms with van der Waals surface area (Å²) < 4.78 is 5.23. The fourth-order valence-corrected chi connectivity index (χ4v) is 2.04. The minimum absolute atomic E-state index is 0.176. The highest BCUT2D eigenvalue weighted by atomic mass is 16.5. The topological polar surface area (TPSA) is 47.3 Å². The van der Waals surface area contributed by atoms with Gasteiger partial charge in [-0.1, -0.05) is 18.2 Å². The van der Waals surface area contributed by atoms with Crippen LogP contribution in [0.5, 0.6) is 5.75 Å². The highest BCUT2D eigenvalue weighted by Gasteiger charge is 2.09. The smallest absolute Gasteiger partial charge is 0.119 e. The Balaban J connectivity index is 2.09. The second-order valence-electron chi connectivity index (χ2n) is 5.64. The van der Waals surface area contributed by atoms with E-state index in [4.69, 9.17) is 10.5 Å². The average Bonchev–Trinajstić information content (AvgIpc) is 2.36. The number of benzene rings is 2. The lowest BCUT2D eigenvalue weighted by atomic mass is 10.1. The van der Waals surface area contributed by atoms with Crippen LogP contribution in [0, 0.1) is 0 Å². The molecule has 0 bridgehead atoms. The van der Waals surface area contributed by atoms with E-state index in [9.17, 15) is 0 Å². The van der Waals surface area contributed by atoms with Crippen LogP contribution in [0.25, 0.3) is 10.8 Å². The predicted octanol–water partition coefficient (Wildman–Crippen LogP) is 2.68. The predicted molar refractivity (Wildman–Crippen MR) is 80.5 cm³/mol. The fourth-order valence-electron chi connectivity index (χ4n) is 2.04. The first-order chi connectivity index (χ1) is 8.98. The van der Waals surface area contributed by atoms with Gasteiger partial charge < -0.3 is 15.8 Å². The molecule has 0 heterocycles. The Morgan fingerprint density at radius 3 is 2.47 bits per heavy atom. The van der Waals surface area contributed by atoms with E-state index in [1.165, 1.54) is 16.3 Å². The third-order valence-corrected chi connectivity index (χ3v) is 3.02. The van der Waals surface area contributed by atoms with E-state index in [1.54, 1.807) is 7.11 Å². The van der Waals surface area contributed by atoms with Crippen molar-refractivity contribution in [3.8, 4) is 5.75 Å². The maximum absolute atomic E-state index is 5.95. The van der Waals surface area contributed by atoms with E-state index in [1.807, 2.05) is 19.9 Å². The molecular formula is C16H22N2O. The molecule has 0 aliphatic carbocycles. The van der Waals surface area contributed by atoms with Gasteiger partial charge in [-0.2, -0.15) is 0 Å². The van der Waals surface area contributed by atoms with Gasteiger partial charge in [0.15, 0.2) is 0 Å². The minimum Gasteiger partial charge on any atom is -0.497 e. The molecule has 0 saturated carbocycles. The molecule has 3 N–H and O–H groups in total. The zero-order chi connectivity index (χ0) is 13.9. The maximum Gasteiger partial charge on any atom is 0.119 e. The summed E-state index contributed by atoms with van der Waals surface area (Å²) in [6.07, 6.45) is 0. The largest absolute Gasteiger partial charge is 0.497 e. The Hall–Kier alpha value is -1.58. The number of ether oxygens (including phenoxy) is 1. The molecular weight excluding hydrogens is 236 g/mol. The Bertz CT molecular complexity index is 558. The van der Waals surface area contributed by atoms with E-state index in [0.717, 1.165) is 18.8 Å². The van der Waals surface area contributed by atoms with Gasteiger partial charge in [0.2, 0.25) is 0 Å². The number of rotatable bonds is 5. The van der Waals surface area contributed by atoms with E-state index < -0.39 is 0 Å². The summed E-state index contributed by atoms with van der Waals surface area (Å²) in [4.78, 5) is 0. The second kappa shape index (κ2) is 5.59. The summed E-state index contributed by atoms with van der Waals surface area (Å²) in [5, 5.41) is 5.80. The molecule has 19 heavy (non-hydrogen) atoms. The van der Waals surface area contributed by atoms with Crippen molar-refractivity contribution in [2.45, 2.75) is 25.9 Å². The summed E-state index contributed by atoms with van der Waals surface area (Å²) in [5.41, 5.74) is 7.04. The average molecular weight is 258 g/mol. The van der Waals surface area contributed by atoms with Crippen molar-refractivity contribution in [2.75, 3.05) is 13.7 Å². The van der Waals surface area contributed by atoms with Gasteiger partial charge in [0.05, 0.1) is 7.11 Å². The molecule has 0 saturated heterocycles. The molecule has 0 spiro atoms.